The predicted molar refractivity (Wildman–Crippen MR) is 129 cm³/mol. The Morgan fingerprint density at radius 1 is 0.969 bits per heavy atom. The lowest BCUT2D eigenvalue weighted by atomic mass is 10.1. The zero-order valence-corrected chi connectivity index (χ0v) is 20.0. The molecule has 0 aliphatic rings. The number of carbonyl (C=O) groups excluding carboxylic acids is 3. The van der Waals surface area contributed by atoms with Crippen molar-refractivity contribution < 1.29 is 19.1 Å². The molecule has 1 N–H and O–H groups in total. The molecule has 2 aromatic rings. The summed E-state index contributed by atoms with van der Waals surface area (Å²) in [4.78, 5) is 36.6. The molecule has 176 valence electrons. The second-order valence-corrected chi connectivity index (χ2v) is 6.50. The van der Waals surface area contributed by atoms with Crippen molar-refractivity contribution in [3.63, 3.8) is 0 Å². The minimum absolute atomic E-state index is 0.000508. The van der Waals surface area contributed by atoms with Gasteiger partial charge in [-0.1, -0.05) is 88.4 Å². The number of ether oxygens (including phenoxy) is 1. The molecule has 0 fully saturated rings. The van der Waals surface area contributed by atoms with E-state index in [4.69, 9.17) is 4.74 Å². The highest BCUT2D eigenvalue weighted by Gasteiger charge is 2.27. The zero-order valence-electron chi connectivity index (χ0n) is 20.0. The maximum absolute atomic E-state index is 12.7. The summed E-state index contributed by atoms with van der Waals surface area (Å²) in [6.07, 6.45) is 1.88. The Balaban J connectivity index is 0.000000796. The van der Waals surface area contributed by atoms with Gasteiger partial charge >= 0.3 is 6.09 Å². The predicted octanol–water partition coefficient (Wildman–Crippen LogP) is 5.19. The molecule has 2 rings (SSSR count). The van der Waals surface area contributed by atoms with Gasteiger partial charge in [0.05, 0.1) is 13.2 Å². The molecule has 0 spiro atoms. The summed E-state index contributed by atoms with van der Waals surface area (Å²) in [6, 6.07) is 18.5. The van der Waals surface area contributed by atoms with Crippen molar-refractivity contribution >= 4 is 18.3 Å². The smallest absolute Gasteiger partial charge is 0.408 e. The van der Waals surface area contributed by atoms with E-state index in [1.165, 1.54) is 10.5 Å². The maximum Gasteiger partial charge on any atom is 0.408 e. The van der Waals surface area contributed by atoms with Crippen LogP contribution >= 0.6 is 0 Å². The van der Waals surface area contributed by atoms with Crippen molar-refractivity contribution in [2.45, 2.75) is 53.5 Å². The highest BCUT2D eigenvalue weighted by Crippen LogP contribution is 2.16. The highest BCUT2D eigenvalue weighted by molar-refractivity contribution is 5.88. The molecule has 32 heavy (non-hydrogen) atoms. The minimum Gasteiger partial charge on any atom is -0.450 e. The lowest BCUT2D eigenvalue weighted by molar-refractivity contribution is -0.135. The van der Waals surface area contributed by atoms with Crippen LogP contribution in [0.5, 0.6) is 0 Å². The minimum atomic E-state index is -0.869. The van der Waals surface area contributed by atoms with Crippen LogP contribution < -0.4 is 5.32 Å². The van der Waals surface area contributed by atoms with Gasteiger partial charge in [0.15, 0.2) is 0 Å². The fraction of sp³-hybridized carbons (Fsp3) is 0.423. The maximum atomic E-state index is 12.7. The molecule has 0 bridgehead atoms. The van der Waals surface area contributed by atoms with Crippen LogP contribution in [0.25, 0.3) is 0 Å². The van der Waals surface area contributed by atoms with Gasteiger partial charge in [0.1, 0.15) is 12.3 Å². The molecular formula is C26H38N2O4. The van der Waals surface area contributed by atoms with Gasteiger partial charge in [0.2, 0.25) is 5.91 Å². The van der Waals surface area contributed by atoms with Crippen molar-refractivity contribution in [1.82, 2.24) is 10.2 Å². The highest BCUT2D eigenvalue weighted by atomic mass is 16.5. The van der Waals surface area contributed by atoms with Crippen molar-refractivity contribution in [2.24, 2.45) is 0 Å². The van der Waals surface area contributed by atoms with Gasteiger partial charge in [-0.2, -0.15) is 0 Å². The topological polar surface area (TPSA) is 75.7 Å². The molecule has 0 aliphatic carbocycles. The molecule has 0 aromatic heterocycles. The number of hydrogen-bond donors (Lipinski definition) is 1. The Kier molecular flexibility index (Phi) is 16.8. The van der Waals surface area contributed by atoms with Crippen LogP contribution in [0, 0.1) is 0 Å². The summed E-state index contributed by atoms with van der Waals surface area (Å²) in [5.74, 6) is -0.326. The molecule has 6 nitrogen and oxygen atoms in total. The van der Waals surface area contributed by atoms with Gasteiger partial charge in [-0.15, -0.1) is 0 Å². The fourth-order valence-electron chi connectivity index (χ4n) is 2.77. The molecule has 1 atom stereocenters. The normalized spacial score (nSPS) is 10.3. The fourth-order valence-corrected chi connectivity index (χ4v) is 2.77. The lowest BCUT2D eigenvalue weighted by Crippen LogP contribution is -2.44. The van der Waals surface area contributed by atoms with E-state index in [1.807, 2.05) is 32.9 Å². The number of nitrogens with one attached hydrogen (secondary N) is 1. The Labute approximate surface area is 193 Å². The third-order valence-corrected chi connectivity index (χ3v) is 4.27. The average Bonchev–Trinajstić information content (AvgIpc) is 2.85. The first-order valence-electron chi connectivity index (χ1n) is 11.3. The van der Waals surface area contributed by atoms with E-state index in [0.717, 1.165) is 12.8 Å². The van der Waals surface area contributed by atoms with E-state index in [9.17, 15) is 14.4 Å². The van der Waals surface area contributed by atoms with Crippen molar-refractivity contribution in [2.75, 3.05) is 19.7 Å². The van der Waals surface area contributed by atoms with Crippen LogP contribution in [0.3, 0.4) is 0 Å². The Hall–Kier alpha value is -3.15. The van der Waals surface area contributed by atoms with Crippen LogP contribution in [0.1, 0.15) is 58.2 Å². The number of aryl methyl sites for hydroxylation is 1. The van der Waals surface area contributed by atoms with Gasteiger partial charge in [0.25, 0.3) is 0 Å². The number of nitrogens with zero attached hydrogens (tertiary/aromatic N) is 1. The van der Waals surface area contributed by atoms with Gasteiger partial charge in [0, 0.05) is 6.54 Å². The number of hydrogen-bond acceptors (Lipinski definition) is 4. The lowest BCUT2D eigenvalue weighted by Gasteiger charge is -2.26. The van der Waals surface area contributed by atoms with Crippen LogP contribution in [0.4, 0.5) is 4.79 Å². The Morgan fingerprint density at radius 3 is 1.97 bits per heavy atom. The van der Waals surface area contributed by atoms with E-state index in [0.29, 0.717) is 18.4 Å². The molecule has 0 saturated heterocycles. The third kappa shape index (κ3) is 11.3. The molecule has 0 saturated carbocycles. The summed E-state index contributed by atoms with van der Waals surface area (Å²) >= 11 is 0. The summed E-state index contributed by atoms with van der Waals surface area (Å²) in [7, 11) is 0. The van der Waals surface area contributed by atoms with E-state index in [2.05, 4.69) is 36.5 Å². The number of amides is 2. The van der Waals surface area contributed by atoms with Gasteiger partial charge in [-0.25, -0.2) is 4.79 Å². The van der Waals surface area contributed by atoms with Gasteiger partial charge in [-0.3, -0.25) is 4.79 Å². The number of carbonyl (C=O) groups is 3. The number of benzene rings is 2. The molecule has 2 aromatic carbocycles. The molecule has 6 heteroatoms. The van der Waals surface area contributed by atoms with E-state index < -0.39 is 12.1 Å². The molecule has 0 aliphatic heterocycles. The summed E-state index contributed by atoms with van der Waals surface area (Å²) in [6.45, 7) is 10.4. The Morgan fingerprint density at radius 2 is 1.53 bits per heavy atom. The van der Waals surface area contributed by atoms with Crippen LogP contribution in [0.15, 0.2) is 60.7 Å². The molecule has 2 amide bonds. The summed E-state index contributed by atoms with van der Waals surface area (Å²) in [5, 5.41) is 2.56. The van der Waals surface area contributed by atoms with E-state index in [1.54, 1.807) is 31.2 Å². The first kappa shape index (κ1) is 28.9. The summed E-state index contributed by atoms with van der Waals surface area (Å²) in [5.41, 5.74) is 2.06. The molecule has 0 heterocycles. The van der Waals surface area contributed by atoms with Gasteiger partial charge < -0.3 is 19.7 Å². The van der Waals surface area contributed by atoms with Crippen molar-refractivity contribution in [1.29, 1.82) is 0 Å². The number of aldehydes is 1. The second-order valence-electron chi connectivity index (χ2n) is 6.50. The number of rotatable bonds is 9. The van der Waals surface area contributed by atoms with Crippen LogP contribution in [-0.4, -0.2) is 42.9 Å². The van der Waals surface area contributed by atoms with Crippen LogP contribution in [-0.2, 0) is 20.7 Å². The molecular weight excluding hydrogens is 404 g/mol. The van der Waals surface area contributed by atoms with E-state index in [-0.39, 0.29) is 19.1 Å². The van der Waals surface area contributed by atoms with Crippen molar-refractivity contribution in [3.05, 3.63) is 71.8 Å². The second kappa shape index (κ2) is 18.6. The first-order chi connectivity index (χ1) is 15.6. The van der Waals surface area contributed by atoms with E-state index >= 15 is 0 Å². The summed E-state index contributed by atoms with van der Waals surface area (Å²) < 4.78 is 4.85. The van der Waals surface area contributed by atoms with Crippen LogP contribution in [0.2, 0.25) is 0 Å². The molecule has 0 radical (unpaired) electrons. The quantitative estimate of drug-likeness (QED) is 0.543. The number of alkyl carbamates (subject to hydrolysis) is 1. The molecule has 1 unspecified atom stereocenters. The average molecular weight is 443 g/mol. The van der Waals surface area contributed by atoms with Gasteiger partial charge in [-0.05, 0) is 30.9 Å². The SMILES string of the molecule is CC.CCCN(CC=O)C(=O)C(NC(=O)OCC)c1ccccc1.CCc1ccccc1. The Bertz CT molecular complexity index is 751. The van der Waals surface area contributed by atoms with Crippen molar-refractivity contribution in [3.8, 4) is 0 Å². The monoisotopic (exact) mass is 442 g/mol. The zero-order chi connectivity index (χ0) is 24.2. The third-order valence-electron chi connectivity index (χ3n) is 4.27. The first-order valence-corrected chi connectivity index (χ1v) is 11.3. The largest absolute Gasteiger partial charge is 0.450 e. The standard InChI is InChI=1S/C16H22N2O4.C8H10.C2H6/c1-3-10-18(11-12-19)15(20)14(17-16(21)22-4-2)13-8-6-5-7-9-13;1-2-8-6-4-3-5-7-8;1-2/h5-9,12,14H,3-4,10-11H2,1-2H3,(H,17,21);3-7H,2H2,1H3;1-2H3.